The minimum absolute atomic E-state index is 0.217. The lowest BCUT2D eigenvalue weighted by molar-refractivity contribution is 0.0950. The number of amides is 1. The maximum atomic E-state index is 12.1. The third-order valence-electron chi connectivity index (χ3n) is 3.56. The molecular formula is C15H15Cl2N3O2. The number of hydrogen-bond donors (Lipinski definition) is 1. The molecule has 0 spiro atoms. The van der Waals surface area contributed by atoms with Gasteiger partial charge in [0.1, 0.15) is 0 Å². The molecule has 5 nitrogen and oxygen atoms in total. The largest absolute Gasteiger partial charge is 0.376 e. The number of benzene rings is 1. The monoisotopic (exact) mass is 339 g/mol. The summed E-state index contributed by atoms with van der Waals surface area (Å²) in [6, 6.07) is 4.82. The first-order valence-corrected chi connectivity index (χ1v) is 7.75. The van der Waals surface area contributed by atoms with E-state index in [9.17, 15) is 4.79 Å². The third kappa shape index (κ3) is 3.27. The summed E-state index contributed by atoms with van der Waals surface area (Å²) in [4.78, 5) is 12.1. The summed E-state index contributed by atoms with van der Waals surface area (Å²) in [5, 5.41) is 8.04. The van der Waals surface area contributed by atoms with Gasteiger partial charge in [-0.3, -0.25) is 9.48 Å². The highest BCUT2D eigenvalue weighted by Gasteiger charge is 2.15. The molecule has 1 aliphatic rings. The molecule has 0 radical (unpaired) electrons. The second-order valence-corrected chi connectivity index (χ2v) is 5.87. The molecule has 1 N–H and O–H groups in total. The van der Waals surface area contributed by atoms with Gasteiger partial charge in [-0.05, 0) is 18.2 Å². The lowest BCUT2D eigenvalue weighted by Gasteiger charge is -2.15. The van der Waals surface area contributed by atoms with Crippen molar-refractivity contribution in [3.8, 4) is 0 Å². The van der Waals surface area contributed by atoms with Crippen molar-refractivity contribution >= 4 is 29.1 Å². The number of fused-ring (bicyclic) bond motifs is 1. The molecule has 0 aliphatic carbocycles. The van der Waals surface area contributed by atoms with E-state index in [0.717, 1.165) is 12.0 Å². The number of carbonyl (C=O) groups is 1. The van der Waals surface area contributed by atoms with Crippen molar-refractivity contribution in [3.05, 3.63) is 51.3 Å². The molecule has 0 bridgehead atoms. The number of rotatable bonds is 4. The second-order valence-electron chi connectivity index (χ2n) is 5.02. The molecule has 0 saturated carbocycles. The molecule has 3 rings (SSSR count). The molecule has 0 fully saturated rings. The van der Waals surface area contributed by atoms with Crippen LogP contribution < -0.4 is 5.32 Å². The van der Waals surface area contributed by atoms with Crippen molar-refractivity contribution in [2.24, 2.45) is 0 Å². The van der Waals surface area contributed by atoms with E-state index in [1.54, 1.807) is 18.2 Å². The van der Waals surface area contributed by atoms with Gasteiger partial charge in [0.05, 0.1) is 36.5 Å². The Balaban J connectivity index is 1.59. The molecule has 1 aromatic carbocycles. The van der Waals surface area contributed by atoms with Gasteiger partial charge in [-0.15, -0.1) is 0 Å². The molecule has 7 heteroatoms. The Kier molecular flexibility index (Phi) is 4.66. The normalized spacial score (nSPS) is 13.7. The number of hydrogen-bond acceptors (Lipinski definition) is 3. The molecule has 2 aromatic rings. The molecule has 1 aromatic heterocycles. The SMILES string of the molecule is O=C(NCCn1ncc2c1CCOC2)c1ccc(Cl)cc1Cl. The molecular weight excluding hydrogens is 325 g/mol. The summed E-state index contributed by atoms with van der Waals surface area (Å²) in [6.07, 6.45) is 2.68. The molecule has 0 saturated heterocycles. The first kappa shape index (κ1) is 15.3. The average Bonchev–Trinajstić information content (AvgIpc) is 2.90. The maximum absolute atomic E-state index is 12.1. The number of halogens is 2. The average molecular weight is 340 g/mol. The molecule has 1 amide bonds. The minimum Gasteiger partial charge on any atom is -0.376 e. The van der Waals surface area contributed by atoms with Crippen molar-refractivity contribution in [3.63, 3.8) is 0 Å². The van der Waals surface area contributed by atoms with Crippen LogP contribution in [0.3, 0.4) is 0 Å². The first-order valence-electron chi connectivity index (χ1n) is 6.99. The Bertz CT molecular complexity index is 700. The standard InChI is InChI=1S/C15H15Cl2N3O2/c16-11-1-2-12(13(17)7-11)15(21)18-4-5-20-14-3-6-22-9-10(14)8-19-20/h1-2,7-8H,3-6,9H2,(H,18,21). The Morgan fingerprint density at radius 1 is 1.41 bits per heavy atom. The molecule has 116 valence electrons. The van der Waals surface area contributed by atoms with E-state index < -0.39 is 0 Å². The van der Waals surface area contributed by atoms with E-state index in [4.69, 9.17) is 27.9 Å². The van der Waals surface area contributed by atoms with Crippen LogP contribution in [0.25, 0.3) is 0 Å². The zero-order valence-corrected chi connectivity index (χ0v) is 13.3. The van der Waals surface area contributed by atoms with Crippen LogP contribution in [0.1, 0.15) is 21.6 Å². The maximum Gasteiger partial charge on any atom is 0.252 e. The van der Waals surface area contributed by atoms with Gasteiger partial charge in [0.15, 0.2) is 0 Å². The Hall–Kier alpha value is -1.56. The Morgan fingerprint density at radius 2 is 2.27 bits per heavy atom. The van der Waals surface area contributed by atoms with Gasteiger partial charge in [-0.1, -0.05) is 23.2 Å². The highest BCUT2D eigenvalue weighted by molar-refractivity contribution is 6.36. The van der Waals surface area contributed by atoms with Crippen LogP contribution in [0.5, 0.6) is 0 Å². The van der Waals surface area contributed by atoms with Gasteiger partial charge in [-0.2, -0.15) is 5.10 Å². The fraction of sp³-hybridized carbons (Fsp3) is 0.333. The van der Waals surface area contributed by atoms with E-state index in [2.05, 4.69) is 10.4 Å². The van der Waals surface area contributed by atoms with Crippen LogP contribution in [-0.2, 0) is 24.3 Å². The van der Waals surface area contributed by atoms with Gasteiger partial charge in [0.2, 0.25) is 0 Å². The topological polar surface area (TPSA) is 56.2 Å². The number of carbonyl (C=O) groups excluding carboxylic acids is 1. The smallest absolute Gasteiger partial charge is 0.252 e. The van der Waals surface area contributed by atoms with Crippen molar-refractivity contribution in [2.75, 3.05) is 13.2 Å². The lowest BCUT2D eigenvalue weighted by Crippen LogP contribution is -2.28. The molecule has 0 unspecified atom stereocenters. The van der Waals surface area contributed by atoms with E-state index in [0.29, 0.717) is 41.9 Å². The minimum atomic E-state index is -0.217. The van der Waals surface area contributed by atoms with Crippen molar-refractivity contribution in [1.29, 1.82) is 0 Å². The number of nitrogens with one attached hydrogen (secondary N) is 1. The number of ether oxygens (including phenoxy) is 1. The predicted octanol–water partition coefficient (Wildman–Crippen LogP) is 2.69. The third-order valence-corrected chi connectivity index (χ3v) is 4.11. The van der Waals surface area contributed by atoms with E-state index in [1.165, 1.54) is 5.69 Å². The zero-order chi connectivity index (χ0) is 15.5. The van der Waals surface area contributed by atoms with Gasteiger partial charge in [-0.25, -0.2) is 0 Å². The van der Waals surface area contributed by atoms with Gasteiger partial charge in [0, 0.05) is 29.2 Å². The van der Waals surface area contributed by atoms with E-state index in [1.807, 2.05) is 10.9 Å². The fourth-order valence-corrected chi connectivity index (χ4v) is 2.94. The summed E-state index contributed by atoms with van der Waals surface area (Å²) in [7, 11) is 0. The molecule has 1 aliphatic heterocycles. The predicted molar refractivity (Wildman–Crippen MR) is 84.4 cm³/mol. The van der Waals surface area contributed by atoms with E-state index in [-0.39, 0.29) is 5.91 Å². The first-order chi connectivity index (χ1) is 10.6. The summed E-state index contributed by atoms with van der Waals surface area (Å²) < 4.78 is 7.30. The summed E-state index contributed by atoms with van der Waals surface area (Å²) in [5.41, 5.74) is 2.73. The highest BCUT2D eigenvalue weighted by Crippen LogP contribution is 2.20. The van der Waals surface area contributed by atoms with Crippen LogP contribution in [0.15, 0.2) is 24.4 Å². The second kappa shape index (κ2) is 6.69. The fourth-order valence-electron chi connectivity index (χ4n) is 2.45. The summed E-state index contributed by atoms with van der Waals surface area (Å²) in [6.45, 7) is 2.42. The van der Waals surface area contributed by atoms with Crippen LogP contribution >= 0.6 is 23.2 Å². The summed E-state index contributed by atoms with van der Waals surface area (Å²) in [5.74, 6) is -0.217. The number of aromatic nitrogens is 2. The van der Waals surface area contributed by atoms with E-state index >= 15 is 0 Å². The van der Waals surface area contributed by atoms with Crippen molar-refractivity contribution in [2.45, 2.75) is 19.6 Å². The quantitative estimate of drug-likeness (QED) is 0.931. The van der Waals surface area contributed by atoms with Crippen LogP contribution in [0.4, 0.5) is 0 Å². The van der Waals surface area contributed by atoms with Gasteiger partial charge < -0.3 is 10.1 Å². The van der Waals surface area contributed by atoms with Crippen molar-refractivity contribution in [1.82, 2.24) is 15.1 Å². The summed E-state index contributed by atoms with van der Waals surface area (Å²) >= 11 is 11.8. The molecule has 22 heavy (non-hydrogen) atoms. The van der Waals surface area contributed by atoms with Crippen LogP contribution in [-0.4, -0.2) is 28.8 Å². The number of nitrogens with zero attached hydrogens (tertiary/aromatic N) is 2. The van der Waals surface area contributed by atoms with Crippen LogP contribution in [0, 0.1) is 0 Å². The molecule has 0 atom stereocenters. The zero-order valence-electron chi connectivity index (χ0n) is 11.8. The van der Waals surface area contributed by atoms with Gasteiger partial charge >= 0.3 is 0 Å². The van der Waals surface area contributed by atoms with Gasteiger partial charge in [0.25, 0.3) is 5.91 Å². The highest BCUT2D eigenvalue weighted by atomic mass is 35.5. The Labute approximate surface area is 138 Å². The Morgan fingerprint density at radius 3 is 3.09 bits per heavy atom. The van der Waals surface area contributed by atoms with Crippen molar-refractivity contribution < 1.29 is 9.53 Å². The van der Waals surface area contributed by atoms with Crippen LogP contribution in [0.2, 0.25) is 10.0 Å². The molecule has 2 heterocycles. The lowest BCUT2D eigenvalue weighted by atomic mass is 10.2.